The second-order valence-corrected chi connectivity index (χ2v) is 5.32. The van der Waals surface area contributed by atoms with Crippen molar-refractivity contribution in [2.24, 2.45) is 7.05 Å². The van der Waals surface area contributed by atoms with Gasteiger partial charge in [-0.1, -0.05) is 12.1 Å². The highest BCUT2D eigenvalue weighted by Gasteiger charge is 2.14. The maximum absolute atomic E-state index is 13.9. The van der Waals surface area contributed by atoms with Crippen LogP contribution in [-0.4, -0.2) is 25.0 Å². The Balaban J connectivity index is 1.86. The average molecular weight is 312 g/mol. The third-order valence-electron chi connectivity index (χ3n) is 3.79. The minimum atomic E-state index is -0.338. The second kappa shape index (κ2) is 6.12. The largest absolute Gasteiger partial charge is 0.346 e. The van der Waals surface area contributed by atoms with Gasteiger partial charge in [0.2, 0.25) is 5.95 Å². The number of hydrogen-bond donors (Lipinski definition) is 1. The van der Waals surface area contributed by atoms with Gasteiger partial charge in [0, 0.05) is 23.9 Å². The van der Waals surface area contributed by atoms with Crippen molar-refractivity contribution in [2.75, 3.05) is 5.32 Å². The zero-order chi connectivity index (χ0) is 16.4. The van der Waals surface area contributed by atoms with Crippen molar-refractivity contribution < 1.29 is 4.39 Å². The van der Waals surface area contributed by atoms with Crippen LogP contribution in [0.4, 0.5) is 10.3 Å². The first-order chi connectivity index (χ1) is 11.1. The Hall–Kier alpha value is -2.83. The number of nitrogens with one attached hydrogen (secondary N) is 1. The highest BCUT2D eigenvalue weighted by Crippen LogP contribution is 2.22. The molecule has 118 valence electrons. The van der Waals surface area contributed by atoms with Crippen molar-refractivity contribution in [3.63, 3.8) is 0 Å². The molecule has 0 saturated carbocycles. The Morgan fingerprint density at radius 2 is 2.00 bits per heavy atom. The van der Waals surface area contributed by atoms with E-state index < -0.39 is 0 Å². The summed E-state index contributed by atoms with van der Waals surface area (Å²) in [5.74, 6) is 0.0107. The number of nitrogens with zero attached hydrogens (tertiary/aromatic N) is 5. The SMILES string of the molecule is Cc1c(C(C)Nc2nncc(-c3ccccc3F)n2)cnn1C. The minimum Gasteiger partial charge on any atom is -0.346 e. The number of aryl methyl sites for hydroxylation is 1. The summed E-state index contributed by atoms with van der Waals surface area (Å²) in [7, 11) is 1.89. The molecule has 23 heavy (non-hydrogen) atoms. The van der Waals surface area contributed by atoms with Gasteiger partial charge in [-0.2, -0.15) is 10.2 Å². The molecule has 1 atom stereocenters. The number of hydrogen-bond acceptors (Lipinski definition) is 5. The normalized spacial score (nSPS) is 12.2. The van der Waals surface area contributed by atoms with Crippen LogP contribution in [0.3, 0.4) is 0 Å². The molecule has 0 aliphatic carbocycles. The first-order valence-corrected chi connectivity index (χ1v) is 7.26. The van der Waals surface area contributed by atoms with Gasteiger partial charge in [-0.05, 0) is 26.0 Å². The summed E-state index contributed by atoms with van der Waals surface area (Å²) in [6, 6.07) is 6.42. The van der Waals surface area contributed by atoms with Gasteiger partial charge in [0.25, 0.3) is 0 Å². The fourth-order valence-electron chi connectivity index (χ4n) is 2.38. The van der Waals surface area contributed by atoms with Gasteiger partial charge in [0.15, 0.2) is 0 Å². The van der Waals surface area contributed by atoms with Crippen LogP contribution in [0.1, 0.15) is 24.2 Å². The molecule has 0 radical (unpaired) electrons. The fourth-order valence-corrected chi connectivity index (χ4v) is 2.38. The summed E-state index contributed by atoms with van der Waals surface area (Å²) in [4.78, 5) is 4.35. The van der Waals surface area contributed by atoms with Crippen LogP contribution in [0.15, 0.2) is 36.7 Å². The van der Waals surface area contributed by atoms with E-state index in [1.165, 1.54) is 12.3 Å². The van der Waals surface area contributed by atoms with Crippen LogP contribution >= 0.6 is 0 Å². The molecule has 0 fully saturated rings. The molecular formula is C16H17FN6. The third-order valence-corrected chi connectivity index (χ3v) is 3.79. The van der Waals surface area contributed by atoms with Crippen molar-refractivity contribution in [3.05, 3.63) is 53.7 Å². The number of aromatic nitrogens is 5. The Kier molecular flexibility index (Phi) is 4.01. The summed E-state index contributed by atoms with van der Waals surface area (Å²) >= 11 is 0. The minimum absolute atomic E-state index is 0.0404. The van der Waals surface area contributed by atoms with Gasteiger partial charge in [-0.3, -0.25) is 4.68 Å². The highest BCUT2D eigenvalue weighted by atomic mass is 19.1. The number of anilines is 1. The predicted octanol–water partition coefficient (Wildman–Crippen LogP) is 2.89. The second-order valence-electron chi connectivity index (χ2n) is 5.32. The van der Waals surface area contributed by atoms with Crippen LogP contribution in [0, 0.1) is 12.7 Å². The molecule has 3 rings (SSSR count). The summed E-state index contributed by atoms with van der Waals surface area (Å²) in [5.41, 5.74) is 2.95. The van der Waals surface area contributed by atoms with Crippen molar-refractivity contribution in [3.8, 4) is 11.3 Å². The standard InChI is InChI=1S/C16H17FN6/c1-10(13-8-19-23(3)11(13)2)20-16-21-15(9-18-22-16)12-6-4-5-7-14(12)17/h4-10H,1-3H3,(H,20,21,22). The van der Waals surface area contributed by atoms with E-state index in [1.807, 2.05) is 25.6 Å². The molecule has 7 heteroatoms. The molecule has 0 spiro atoms. The van der Waals surface area contributed by atoms with Crippen molar-refractivity contribution in [1.29, 1.82) is 0 Å². The maximum Gasteiger partial charge on any atom is 0.243 e. The van der Waals surface area contributed by atoms with E-state index in [1.54, 1.807) is 24.4 Å². The van der Waals surface area contributed by atoms with E-state index in [0.29, 0.717) is 17.2 Å². The summed E-state index contributed by atoms with van der Waals surface area (Å²) in [5, 5.41) is 15.3. The lowest BCUT2D eigenvalue weighted by atomic mass is 10.1. The maximum atomic E-state index is 13.9. The molecule has 2 aromatic heterocycles. The van der Waals surface area contributed by atoms with Gasteiger partial charge < -0.3 is 5.32 Å². The van der Waals surface area contributed by atoms with E-state index in [9.17, 15) is 4.39 Å². The van der Waals surface area contributed by atoms with Crippen molar-refractivity contribution >= 4 is 5.95 Å². The lowest BCUT2D eigenvalue weighted by Gasteiger charge is -2.13. The number of rotatable bonds is 4. The lowest BCUT2D eigenvalue weighted by molar-refractivity contribution is 0.630. The molecule has 0 amide bonds. The molecule has 1 aromatic carbocycles. The highest BCUT2D eigenvalue weighted by molar-refractivity contribution is 5.59. The van der Waals surface area contributed by atoms with Crippen LogP contribution in [-0.2, 0) is 7.05 Å². The van der Waals surface area contributed by atoms with Crippen LogP contribution in [0.25, 0.3) is 11.3 Å². The van der Waals surface area contributed by atoms with Crippen LogP contribution in [0.5, 0.6) is 0 Å². The fraction of sp³-hybridized carbons (Fsp3) is 0.250. The summed E-state index contributed by atoms with van der Waals surface area (Å²) in [6.45, 7) is 3.98. The molecule has 0 aliphatic rings. The zero-order valence-corrected chi connectivity index (χ0v) is 13.2. The number of halogens is 1. The van der Waals surface area contributed by atoms with Gasteiger partial charge in [-0.15, -0.1) is 5.10 Å². The van der Waals surface area contributed by atoms with E-state index in [0.717, 1.165) is 11.3 Å². The molecule has 0 saturated heterocycles. The predicted molar refractivity (Wildman–Crippen MR) is 85.2 cm³/mol. The Labute approximate surface area is 133 Å². The van der Waals surface area contributed by atoms with Crippen LogP contribution < -0.4 is 5.32 Å². The molecule has 0 bridgehead atoms. The monoisotopic (exact) mass is 312 g/mol. The first kappa shape index (κ1) is 15.1. The molecular weight excluding hydrogens is 295 g/mol. The Morgan fingerprint density at radius 1 is 1.22 bits per heavy atom. The van der Waals surface area contributed by atoms with Crippen LogP contribution in [0.2, 0.25) is 0 Å². The van der Waals surface area contributed by atoms with E-state index >= 15 is 0 Å². The van der Waals surface area contributed by atoms with E-state index in [-0.39, 0.29) is 11.9 Å². The van der Waals surface area contributed by atoms with Gasteiger partial charge >= 0.3 is 0 Å². The quantitative estimate of drug-likeness (QED) is 0.802. The Morgan fingerprint density at radius 3 is 2.70 bits per heavy atom. The summed E-state index contributed by atoms with van der Waals surface area (Å²) < 4.78 is 15.7. The van der Waals surface area contributed by atoms with Gasteiger partial charge in [0.1, 0.15) is 5.82 Å². The molecule has 3 aromatic rings. The topological polar surface area (TPSA) is 68.5 Å². The van der Waals surface area contributed by atoms with Crippen molar-refractivity contribution in [1.82, 2.24) is 25.0 Å². The molecule has 2 heterocycles. The van der Waals surface area contributed by atoms with E-state index in [4.69, 9.17) is 0 Å². The lowest BCUT2D eigenvalue weighted by Crippen LogP contribution is -2.11. The number of benzene rings is 1. The molecule has 1 N–H and O–H groups in total. The van der Waals surface area contributed by atoms with Crippen molar-refractivity contribution in [2.45, 2.75) is 19.9 Å². The smallest absolute Gasteiger partial charge is 0.243 e. The summed E-state index contributed by atoms with van der Waals surface area (Å²) in [6.07, 6.45) is 3.25. The van der Waals surface area contributed by atoms with Gasteiger partial charge in [0.05, 0.1) is 24.1 Å². The molecule has 6 nitrogen and oxygen atoms in total. The zero-order valence-electron chi connectivity index (χ0n) is 13.2. The van der Waals surface area contributed by atoms with Gasteiger partial charge in [-0.25, -0.2) is 9.37 Å². The van der Waals surface area contributed by atoms with E-state index in [2.05, 4.69) is 25.6 Å². The third kappa shape index (κ3) is 3.03. The Bertz CT molecular complexity index is 829. The first-order valence-electron chi connectivity index (χ1n) is 7.26. The molecule has 1 unspecified atom stereocenters. The average Bonchev–Trinajstić information content (AvgIpc) is 2.88. The molecule has 0 aliphatic heterocycles.